The Hall–Kier alpha value is -1.98. The van der Waals surface area contributed by atoms with Gasteiger partial charge in [-0.05, 0) is 44.0 Å². The Balaban J connectivity index is 2.29. The molecule has 0 aliphatic rings. The predicted molar refractivity (Wildman–Crippen MR) is 78.1 cm³/mol. The Bertz CT molecular complexity index is 554. The lowest BCUT2D eigenvalue weighted by atomic mass is 10.1. The van der Waals surface area contributed by atoms with E-state index in [1.165, 1.54) is 0 Å². The average Bonchev–Trinajstić information content (AvgIpc) is 2.41. The third-order valence-electron chi connectivity index (χ3n) is 2.79. The molecule has 0 fully saturated rings. The molecule has 5 heteroatoms. The van der Waals surface area contributed by atoms with Gasteiger partial charge in [-0.15, -0.1) is 0 Å². The van der Waals surface area contributed by atoms with Crippen LogP contribution in [-0.4, -0.2) is 16.1 Å². The van der Waals surface area contributed by atoms with Gasteiger partial charge in [-0.3, -0.25) is 5.84 Å². The number of rotatable bonds is 5. The van der Waals surface area contributed by atoms with E-state index in [0.717, 1.165) is 16.9 Å². The van der Waals surface area contributed by atoms with E-state index >= 15 is 0 Å². The van der Waals surface area contributed by atoms with E-state index in [0.29, 0.717) is 5.82 Å². The lowest BCUT2D eigenvalue weighted by Gasteiger charge is -2.17. The maximum absolute atomic E-state index is 5.70. The molecule has 3 N–H and O–H groups in total. The predicted octanol–water partition coefficient (Wildman–Crippen LogP) is 2.12. The molecule has 0 bridgehead atoms. The maximum atomic E-state index is 5.70. The van der Waals surface area contributed by atoms with Crippen molar-refractivity contribution in [3.63, 3.8) is 0 Å². The largest absolute Gasteiger partial charge is 0.491 e. The number of nitrogens with zero attached hydrogens (tertiary/aromatic N) is 2. The number of hydrogen-bond acceptors (Lipinski definition) is 5. The maximum Gasteiger partial charge on any atom is 0.150 e. The highest BCUT2D eigenvalue weighted by Crippen LogP contribution is 2.23. The molecular weight excluding hydrogens is 252 g/mol. The zero-order valence-electron chi connectivity index (χ0n) is 12.0. The smallest absolute Gasteiger partial charge is 0.150 e. The van der Waals surface area contributed by atoms with Gasteiger partial charge in [-0.25, -0.2) is 15.4 Å². The highest BCUT2D eigenvalue weighted by atomic mass is 16.5. The zero-order valence-corrected chi connectivity index (χ0v) is 12.0. The first kappa shape index (κ1) is 14.4. The average molecular weight is 272 g/mol. The number of benzene rings is 1. The van der Waals surface area contributed by atoms with Crippen LogP contribution in [0.3, 0.4) is 0 Å². The monoisotopic (exact) mass is 272 g/mol. The van der Waals surface area contributed by atoms with Crippen molar-refractivity contribution >= 4 is 0 Å². The highest BCUT2D eigenvalue weighted by molar-refractivity contribution is 5.33. The molecule has 2 rings (SSSR count). The quantitative estimate of drug-likeness (QED) is 0.644. The van der Waals surface area contributed by atoms with Crippen LogP contribution in [0.15, 0.2) is 36.7 Å². The molecule has 1 unspecified atom stereocenters. The zero-order chi connectivity index (χ0) is 14.5. The molecule has 1 atom stereocenters. The van der Waals surface area contributed by atoms with Gasteiger partial charge in [0.1, 0.15) is 11.8 Å². The molecule has 0 aliphatic heterocycles. The molecule has 1 aromatic heterocycles. The standard InChI is InChI=1S/C15H20N4O/c1-10(2)20-13-6-4-5-12(7-13)14(19-16)15-17-8-11(3)9-18-15/h4-10,14,19H,16H2,1-3H3. The molecule has 0 saturated carbocycles. The summed E-state index contributed by atoms with van der Waals surface area (Å²) in [6.45, 7) is 5.94. The fraction of sp³-hybridized carbons (Fsp3) is 0.333. The Morgan fingerprint density at radius 3 is 2.50 bits per heavy atom. The summed E-state index contributed by atoms with van der Waals surface area (Å²) in [6, 6.07) is 7.53. The molecule has 0 spiro atoms. The van der Waals surface area contributed by atoms with E-state index in [4.69, 9.17) is 10.6 Å². The second kappa shape index (κ2) is 6.45. The molecule has 1 aromatic carbocycles. The summed E-state index contributed by atoms with van der Waals surface area (Å²) < 4.78 is 5.70. The van der Waals surface area contributed by atoms with Crippen molar-refractivity contribution in [2.45, 2.75) is 32.9 Å². The van der Waals surface area contributed by atoms with Gasteiger partial charge in [0, 0.05) is 12.4 Å². The van der Waals surface area contributed by atoms with Crippen molar-refractivity contribution in [2.75, 3.05) is 0 Å². The molecule has 106 valence electrons. The number of aromatic nitrogens is 2. The molecule has 2 aromatic rings. The lowest BCUT2D eigenvalue weighted by Crippen LogP contribution is -2.30. The van der Waals surface area contributed by atoms with Crippen molar-refractivity contribution in [3.8, 4) is 5.75 Å². The van der Waals surface area contributed by atoms with Crippen LogP contribution in [0.5, 0.6) is 5.75 Å². The molecule has 0 radical (unpaired) electrons. The minimum Gasteiger partial charge on any atom is -0.491 e. The lowest BCUT2D eigenvalue weighted by molar-refractivity contribution is 0.242. The van der Waals surface area contributed by atoms with E-state index in [9.17, 15) is 0 Å². The molecule has 0 saturated heterocycles. The van der Waals surface area contributed by atoms with Gasteiger partial charge >= 0.3 is 0 Å². The number of hydrazine groups is 1. The fourth-order valence-corrected chi connectivity index (χ4v) is 1.91. The number of nitrogens with two attached hydrogens (primary N) is 1. The van der Waals surface area contributed by atoms with Gasteiger partial charge in [-0.1, -0.05) is 12.1 Å². The van der Waals surface area contributed by atoms with E-state index < -0.39 is 0 Å². The second-order valence-corrected chi connectivity index (χ2v) is 4.96. The van der Waals surface area contributed by atoms with Crippen LogP contribution < -0.4 is 16.0 Å². The first-order valence-corrected chi connectivity index (χ1v) is 6.61. The first-order valence-electron chi connectivity index (χ1n) is 6.61. The normalized spacial score (nSPS) is 12.4. The van der Waals surface area contributed by atoms with Gasteiger partial charge in [0.05, 0.1) is 6.10 Å². The summed E-state index contributed by atoms with van der Waals surface area (Å²) in [4.78, 5) is 8.64. The van der Waals surface area contributed by atoms with E-state index in [2.05, 4.69) is 15.4 Å². The Morgan fingerprint density at radius 2 is 1.90 bits per heavy atom. The third kappa shape index (κ3) is 3.53. The molecule has 0 amide bonds. The molecular formula is C15H20N4O. The molecule has 0 aliphatic carbocycles. The van der Waals surface area contributed by atoms with Crippen LogP contribution in [0, 0.1) is 6.92 Å². The van der Waals surface area contributed by atoms with Crippen molar-refractivity contribution in [2.24, 2.45) is 5.84 Å². The number of hydrogen-bond donors (Lipinski definition) is 2. The van der Waals surface area contributed by atoms with Crippen LogP contribution in [0.2, 0.25) is 0 Å². The summed E-state index contributed by atoms with van der Waals surface area (Å²) in [7, 11) is 0. The number of ether oxygens (including phenoxy) is 1. The molecule has 1 heterocycles. The SMILES string of the molecule is Cc1cnc(C(NN)c2cccc(OC(C)C)c2)nc1. The summed E-state index contributed by atoms with van der Waals surface area (Å²) in [5.41, 5.74) is 4.74. The summed E-state index contributed by atoms with van der Waals surface area (Å²) in [5.74, 6) is 7.10. The van der Waals surface area contributed by atoms with Crippen molar-refractivity contribution in [3.05, 3.63) is 53.6 Å². The van der Waals surface area contributed by atoms with Crippen LogP contribution in [0.1, 0.15) is 36.8 Å². The van der Waals surface area contributed by atoms with E-state index in [1.54, 1.807) is 12.4 Å². The Kier molecular flexibility index (Phi) is 4.65. The van der Waals surface area contributed by atoms with Gasteiger partial charge in [0.2, 0.25) is 0 Å². The van der Waals surface area contributed by atoms with Crippen molar-refractivity contribution in [1.82, 2.24) is 15.4 Å². The summed E-state index contributed by atoms with van der Waals surface area (Å²) in [5, 5.41) is 0. The minimum atomic E-state index is -0.258. The number of aryl methyl sites for hydroxylation is 1. The summed E-state index contributed by atoms with van der Waals surface area (Å²) >= 11 is 0. The summed E-state index contributed by atoms with van der Waals surface area (Å²) in [6.07, 6.45) is 3.69. The third-order valence-corrected chi connectivity index (χ3v) is 2.79. The van der Waals surface area contributed by atoms with E-state index in [1.807, 2.05) is 45.0 Å². The Morgan fingerprint density at radius 1 is 1.20 bits per heavy atom. The Labute approximate surface area is 119 Å². The topological polar surface area (TPSA) is 73.1 Å². The number of nitrogens with one attached hydrogen (secondary N) is 1. The first-order chi connectivity index (χ1) is 9.60. The van der Waals surface area contributed by atoms with Crippen LogP contribution in [0.25, 0.3) is 0 Å². The van der Waals surface area contributed by atoms with Crippen LogP contribution in [0.4, 0.5) is 0 Å². The van der Waals surface area contributed by atoms with Gasteiger partial charge in [-0.2, -0.15) is 0 Å². The minimum absolute atomic E-state index is 0.130. The molecule has 20 heavy (non-hydrogen) atoms. The van der Waals surface area contributed by atoms with Crippen molar-refractivity contribution in [1.29, 1.82) is 0 Å². The van der Waals surface area contributed by atoms with Crippen LogP contribution in [-0.2, 0) is 0 Å². The fourth-order valence-electron chi connectivity index (χ4n) is 1.91. The highest BCUT2D eigenvalue weighted by Gasteiger charge is 2.16. The van der Waals surface area contributed by atoms with Crippen molar-refractivity contribution < 1.29 is 4.74 Å². The van der Waals surface area contributed by atoms with E-state index in [-0.39, 0.29) is 12.1 Å². The van der Waals surface area contributed by atoms with Gasteiger partial charge in [0.25, 0.3) is 0 Å². The molecule has 5 nitrogen and oxygen atoms in total. The van der Waals surface area contributed by atoms with Gasteiger partial charge in [0.15, 0.2) is 5.82 Å². The van der Waals surface area contributed by atoms with Crippen LogP contribution >= 0.6 is 0 Å². The van der Waals surface area contributed by atoms with Gasteiger partial charge < -0.3 is 4.74 Å². The second-order valence-electron chi connectivity index (χ2n) is 4.96.